The molecule has 0 aliphatic heterocycles. The molecule has 0 saturated carbocycles. The van der Waals surface area contributed by atoms with E-state index in [4.69, 9.17) is 9.47 Å². The summed E-state index contributed by atoms with van der Waals surface area (Å²) in [5.41, 5.74) is 2.60. The molecule has 0 aromatic heterocycles. The van der Waals surface area contributed by atoms with E-state index in [0.29, 0.717) is 24.1 Å². The van der Waals surface area contributed by atoms with Crippen LogP contribution in [0.1, 0.15) is 108 Å². The highest BCUT2D eigenvalue weighted by molar-refractivity contribution is 5.70. The smallest absolute Gasteiger partial charge is 0.361 e. The van der Waals surface area contributed by atoms with Crippen molar-refractivity contribution in [3.63, 3.8) is 0 Å². The topological polar surface area (TPSA) is 35.5 Å². The predicted molar refractivity (Wildman–Crippen MR) is 164 cm³/mol. The van der Waals surface area contributed by atoms with Gasteiger partial charge in [-0.25, -0.2) is 4.79 Å². The van der Waals surface area contributed by atoms with Crippen molar-refractivity contribution >= 4 is 5.97 Å². The Labute approximate surface area is 239 Å². The lowest BCUT2D eigenvalue weighted by Crippen LogP contribution is -2.43. The van der Waals surface area contributed by atoms with E-state index in [1.165, 1.54) is 88.2 Å². The molecule has 0 amide bonds. The molecule has 0 bridgehead atoms. The third kappa shape index (κ3) is 16.4. The van der Waals surface area contributed by atoms with Gasteiger partial charge in [-0.3, -0.25) is 0 Å². The van der Waals surface area contributed by atoms with Gasteiger partial charge in [0.05, 0.1) is 26.8 Å². The van der Waals surface area contributed by atoms with Gasteiger partial charge >= 0.3 is 5.97 Å². The lowest BCUT2D eigenvalue weighted by atomic mass is 10.0. The van der Waals surface area contributed by atoms with Crippen molar-refractivity contribution in [2.24, 2.45) is 0 Å². The van der Waals surface area contributed by atoms with Gasteiger partial charge in [0.15, 0.2) is 6.54 Å². The van der Waals surface area contributed by atoms with Crippen LogP contribution in [0.5, 0.6) is 5.75 Å². The van der Waals surface area contributed by atoms with E-state index in [2.05, 4.69) is 57.4 Å². The number of hydrogen-bond acceptors (Lipinski definition) is 3. The quantitative estimate of drug-likeness (QED) is 0.0853. The molecule has 0 spiro atoms. The van der Waals surface area contributed by atoms with Gasteiger partial charge in [-0.05, 0) is 37.5 Å². The van der Waals surface area contributed by atoms with Crippen LogP contribution in [0.15, 0.2) is 54.6 Å². The van der Waals surface area contributed by atoms with Crippen molar-refractivity contribution in [3.8, 4) is 5.75 Å². The number of benzene rings is 2. The lowest BCUT2D eigenvalue weighted by Gasteiger charge is -2.28. The summed E-state index contributed by atoms with van der Waals surface area (Å²) in [7, 11) is 4.11. The number of hydrogen-bond donors (Lipinski definition) is 0. The van der Waals surface area contributed by atoms with Crippen LogP contribution in [0.25, 0.3) is 0 Å². The Balaban J connectivity index is 1.51. The summed E-state index contributed by atoms with van der Waals surface area (Å²) in [6.07, 6.45) is 18.4. The van der Waals surface area contributed by atoms with Crippen LogP contribution in [0, 0.1) is 0 Å². The highest BCUT2D eigenvalue weighted by atomic mass is 16.5. The zero-order chi connectivity index (χ0) is 28.2. The SMILES string of the molecule is CCCCCCCCCCCCCCc1ccc(OC(C)CCOC(=O)C[N+](C)(C)Cc2ccccc2)cc1. The molecule has 2 aromatic rings. The first-order chi connectivity index (χ1) is 18.9. The van der Waals surface area contributed by atoms with Gasteiger partial charge in [-0.2, -0.15) is 0 Å². The number of carbonyl (C=O) groups is 1. The molecule has 2 aromatic carbocycles. The fourth-order valence-electron chi connectivity index (χ4n) is 5.06. The minimum atomic E-state index is -0.162. The van der Waals surface area contributed by atoms with Crippen molar-refractivity contribution < 1.29 is 18.8 Å². The third-order valence-corrected chi connectivity index (χ3v) is 7.38. The average molecular weight is 539 g/mol. The van der Waals surface area contributed by atoms with Crippen molar-refractivity contribution in [3.05, 3.63) is 65.7 Å². The summed E-state index contributed by atoms with van der Waals surface area (Å²) < 4.78 is 12.1. The summed E-state index contributed by atoms with van der Waals surface area (Å²) >= 11 is 0. The molecular weight excluding hydrogens is 482 g/mol. The van der Waals surface area contributed by atoms with Crippen LogP contribution in [-0.4, -0.2) is 43.8 Å². The highest BCUT2D eigenvalue weighted by Gasteiger charge is 2.22. The van der Waals surface area contributed by atoms with E-state index in [0.717, 1.165) is 18.7 Å². The number of quaternary nitrogens is 1. The monoisotopic (exact) mass is 538 g/mol. The third-order valence-electron chi connectivity index (χ3n) is 7.38. The number of ether oxygens (including phenoxy) is 2. The molecule has 1 unspecified atom stereocenters. The highest BCUT2D eigenvalue weighted by Crippen LogP contribution is 2.18. The van der Waals surface area contributed by atoms with Crippen LogP contribution in [-0.2, 0) is 22.5 Å². The second kappa shape index (κ2) is 19.7. The van der Waals surface area contributed by atoms with Gasteiger partial charge in [-0.15, -0.1) is 0 Å². The van der Waals surface area contributed by atoms with Crippen molar-refractivity contribution in [1.82, 2.24) is 0 Å². The van der Waals surface area contributed by atoms with E-state index in [1.807, 2.05) is 25.1 Å². The molecule has 0 fully saturated rings. The number of unbranched alkanes of at least 4 members (excludes halogenated alkanes) is 11. The summed E-state index contributed by atoms with van der Waals surface area (Å²) in [5, 5.41) is 0. The molecular formula is C35H56NO3+. The molecule has 1 atom stereocenters. The minimum absolute atomic E-state index is 0.00758. The second-order valence-corrected chi connectivity index (χ2v) is 12.0. The van der Waals surface area contributed by atoms with E-state index < -0.39 is 0 Å². The van der Waals surface area contributed by atoms with Gasteiger partial charge in [0, 0.05) is 12.0 Å². The Hall–Kier alpha value is -2.33. The molecule has 0 radical (unpaired) electrons. The number of aryl methyl sites for hydroxylation is 1. The fraction of sp³-hybridized carbons (Fsp3) is 0.629. The first-order valence-electron chi connectivity index (χ1n) is 15.6. The van der Waals surface area contributed by atoms with Crippen LogP contribution in [0.4, 0.5) is 0 Å². The zero-order valence-corrected chi connectivity index (χ0v) is 25.5. The van der Waals surface area contributed by atoms with E-state index >= 15 is 0 Å². The van der Waals surface area contributed by atoms with Crippen molar-refractivity contribution in [2.75, 3.05) is 27.2 Å². The van der Waals surface area contributed by atoms with Crippen LogP contribution in [0.2, 0.25) is 0 Å². The Bertz CT molecular complexity index is 879. The summed E-state index contributed by atoms with van der Waals surface area (Å²) in [4.78, 5) is 12.4. The fourth-order valence-corrected chi connectivity index (χ4v) is 5.06. The van der Waals surface area contributed by atoms with Crippen LogP contribution in [0.3, 0.4) is 0 Å². The minimum Gasteiger partial charge on any atom is -0.491 e. The van der Waals surface area contributed by atoms with Gasteiger partial charge in [0.1, 0.15) is 12.3 Å². The lowest BCUT2D eigenvalue weighted by molar-refractivity contribution is -0.896. The number of rotatable bonds is 22. The van der Waals surface area contributed by atoms with Crippen LogP contribution < -0.4 is 4.74 Å². The normalized spacial score (nSPS) is 12.3. The molecule has 0 aliphatic carbocycles. The molecule has 0 heterocycles. The van der Waals surface area contributed by atoms with Crippen LogP contribution >= 0.6 is 0 Å². The first-order valence-corrected chi connectivity index (χ1v) is 15.6. The van der Waals surface area contributed by atoms with Gasteiger partial charge in [0.2, 0.25) is 0 Å². The molecule has 0 saturated heterocycles. The molecule has 4 nitrogen and oxygen atoms in total. The molecule has 4 heteroatoms. The standard InChI is InChI=1S/C35H56NO3/c1-5-6-7-8-9-10-11-12-13-14-15-17-20-32-23-25-34(26-24-32)39-31(2)27-28-38-35(37)30-36(3,4)29-33-21-18-16-19-22-33/h16,18-19,21-26,31H,5-15,17,20,27-30H2,1-4H3/q+1. The Morgan fingerprint density at radius 3 is 1.90 bits per heavy atom. The summed E-state index contributed by atoms with van der Waals surface area (Å²) in [5.74, 6) is 0.721. The molecule has 2 rings (SSSR count). The maximum atomic E-state index is 12.4. The zero-order valence-electron chi connectivity index (χ0n) is 25.5. The maximum absolute atomic E-state index is 12.4. The van der Waals surface area contributed by atoms with Gasteiger partial charge < -0.3 is 14.0 Å². The first kappa shape index (κ1) is 32.9. The van der Waals surface area contributed by atoms with Gasteiger partial charge in [-0.1, -0.05) is 120 Å². The van der Waals surface area contributed by atoms with Gasteiger partial charge in [0.25, 0.3) is 0 Å². The van der Waals surface area contributed by atoms with Crippen molar-refractivity contribution in [1.29, 1.82) is 0 Å². The predicted octanol–water partition coefficient (Wildman–Crippen LogP) is 8.91. The maximum Gasteiger partial charge on any atom is 0.361 e. The summed E-state index contributed by atoms with van der Waals surface area (Å²) in [6.45, 7) is 5.84. The Morgan fingerprint density at radius 1 is 0.744 bits per heavy atom. The molecule has 0 aliphatic rings. The number of carbonyl (C=O) groups excluding carboxylic acids is 1. The van der Waals surface area contributed by atoms with E-state index in [1.54, 1.807) is 0 Å². The number of esters is 1. The van der Waals surface area contributed by atoms with Crippen molar-refractivity contribution in [2.45, 2.75) is 116 Å². The Morgan fingerprint density at radius 2 is 1.31 bits per heavy atom. The molecule has 0 N–H and O–H groups in total. The second-order valence-electron chi connectivity index (χ2n) is 12.0. The molecule has 39 heavy (non-hydrogen) atoms. The van der Waals surface area contributed by atoms with E-state index in [9.17, 15) is 4.79 Å². The number of nitrogens with zero attached hydrogens (tertiary/aromatic N) is 1. The van der Waals surface area contributed by atoms with E-state index in [-0.39, 0.29) is 12.1 Å². The average Bonchev–Trinajstić information content (AvgIpc) is 2.90. The summed E-state index contributed by atoms with van der Waals surface area (Å²) in [6, 6.07) is 18.8. The number of likely N-dealkylation sites (N-methyl/N-ethyl adjacent to an activating group) is 1. The largest absolute Gasteiger partial charge is 0.491 e. The Kier molecular flexibility index (Phi) is 16.6. The molecule has 218 valence electrons.